The van der Waals surface area contributed by atoms with Crippen molar-refractivity contribution < 1.29 is 16.7 Å². The number of alkyl halides is 1. The monoisotopic (exact) mass is 729 g/mol. The second-order valence-electron chi connectivity index (χ2n) is 16.0. The van der Waals surface area contributed by atoms with E-state index in [1.54, 1.807) is 30.5 Å². The van der Waals surface area contributed by atoms with Gasteiger partial charge >= 0.3 is 0 Å². The highest BCUT2D eigenvalue weighted by Crippen LogP contribution is 2.45. The van der Waals surface area contributed by atoms with Crippen LogP contribution in [0.3, 0.4) is 0 Å². The summed E-state index contributed by atoms with van der Waals surface area (Å²) in [5, 5.41) is 12.4. The van der Waals surface area contributed by atoms with Crippen molar-refractivity contribution in [2.24, 2.45) is 0 Å². The van der Waals surface area contributed by atoms with Gasteiger partial charge < -0.3 is 9.52 Å². The lowest BCUT2D eigenvalue weighted by atomic mass is 9.83. The molecule has 0 saturated carbocycles. The minimum Gasteiger partial charge on any atom is -0.507 e. The molecule has 55 heavy (non-hydrogen) atoms. The Hall–Kier alpha value is -6.01. The smallest absolute Gasteiger partial charge is 0.153 e. The molecule has 0 amide bonds. The SMILES string of the molecule is [2H]C([2H])(F)c1cc(-c2cc(-c3cc(-c4ccccc4)ccn3)cc(C(C)(C)C)c2)c2nc(-c3c(O)ccc4ccoc34)n(-c3c(C(C)C)cccc3C(C)C)c2c1. The van der Waals surface area contributed by atoms with Gasteiger partial charge in [-0.05, 0) is 111 Å². The van der Waals surface area contributed by atoms with Crippen LogP contribution < -0.4 is 0 Å². The number of aromatic nitrogens is 3. The molecule has 1 N–H and O–H groups in total. The Kier molecular flexibility index (Phi) is 8.54. The first-order chi connectivity index (χ1) is 27.1. The maximum absolute atomic E-state index is 15.9. The average Bonchev–Trinajstić information content (AvgIpc) is 3.81. The molecular formula is C49H46FN3O2. The summed E-state index contributed by atoms with van der Waals surface area (Å²) in [6, 6.07) is 35.1. The molecule has 0 saturated heterocycles. The molecular weight excluding hydrogens is 682 g/mol. The van der Waals surface area contributed by atoms with E-state index in [-0.39, 0.29) is 28.6 Å². The van der Waals surface area contributed by atoms with Gasteiger partial charge in [0.15, 0.2) is 5.82 Å². The molecule has 0 fully saturated rings. The fourth-order valence-corrected chi connectivity index (χ4v) is 7.62. The van der Waals surface area contributed by atoms with Crippen molar-refractivity contribution in [2.45, 2.75) is 72.3 Å². The number of phenolic OH excluding ortho intramolecular Hbond substituents is 1. The molecule has 0 radical (unpaired) electrons. The lowest BCUT2D eigenvalue weighted by Crippen LogP contribution is -2.11. The first-order valence-electron chi connectivity index (χ1n) is 19.9. The Morgan fingerprint density at radius 2 is 1.51 bits per heavy atom. The van der Waals surface area contributed by atoms with Gasteiger partial charge in [0, 0.05) is 22.7 Å². The zero-order valence-corrected chi connectivity index (χ0v) is 32.3. The minimum absolute atomic E-state index is 0.0221. The number of phenols is 1. The molecule has 5 nitrogen and oxygen atoms in total. The summed E-state index contributed by atoms with van der Waals surface area (Å²) in [5.41, 5.74) is 10.4. The number of para-hydroxylation sites is 1. The standard InChI is InChI=1S/C49H46FN3O2/c1-29(2)38-14-11-15-39(30(3)4)46(38)53-42-23-31(28-50)22-40(45(42)52-48(53)44-43(54)17-16-33-19-21-55-47(33)44)35-24-36(26-37(25-35)49(5,6)7)41-27-34(18-20-51-41)32-12-9-8-10-13-32/h8-27,29-30,54H,28H2,1-7H3/i28D2. The number of hydrogen-bond donors (Lipinski definition) is 1. The zero-order valence-electron chi connectivity index (χ0n) is 34.3. The van der Waals surface area contributed by atoms with Crippen LogP contribution in [0.1, 0.15) is 85.3 Å². The number of aromatic hydroxyl groups is 1. The molecule has 3 heterocycles. The topological polar surface area (TPSA) is 64.1 Å². The van der Waals surface area contributed by atoms with Crippen LogP contribution in [0.4, 0.5) is 4.39 Å². The summed E-state index contributed by atoms with van der Waals surface area (Å²) in [5.74, 6) is 0.543. The van der Waals surface area contributed by atoms with E-state index < -0.39 is 6.63 Å². The molecule has 6 heteroatoms. The summed E-state index contributed by atoms with van der Waals surface area (Å²) >= 11 is 0. The largest absolute Gasteiger partial charge is 0.507 e. The van der Waals surface area contributed by atoms with Crippen LogP contribution in [-0.4, -0.2) is 19.6 Å². The Bertz CT molecular complexity index is 2760. The normalized spacial score (nSPS) is 12.9. The van der Waals surface area contributed by atoms with Crippen molar-refractivity contribution in [3.63, 3.8) is 0 Å². The zero-order chi connectivity index (χ0) is 40.4. The van der Waals surface area contributed by atoms with Crippen LogP contribution in [0.5, 0.6) is 5.75 Å². The van der Waals surface area contributed by atoms with Crippen molar-refractivity contribution in [2.75, 3.05) is 0 Å². The van der Waals surface area contributed by atoms with Crippen LogP contribution in [0.15, 0.2) is 126 Å². The Morgan fingerprint density at radius 1 is 0.782 bits per heavy atom. The summed E-state index contributed by atoms with van der Waals surface area (Å²) in [4.78, 5) is 10.2. The molecule has 0 aliphatic heterocycles. The molecule has 3 aromatic heterocycles. The average molecular weight is 730 g/mol. The Morgan fingerprint density at radius 3 is 2.20 bits per heavy atom. The quantitative estimate of drug-likeness (QED) is 0.169. The van der Waals surface area contributed by atoms with Crippen LogP contribution in [0, 0.1) is 0 Å². The van der Waals surface area contributed by atoms with E-state index in [1.807, 2.05) is 47.2 Å². The fourth-order valence-electron chi connectivity index (χ4n) is 7.62. The third-order valence-electron chi connectivity index (χ3n) is 10.5. The summed E-state index contributed by atoms with van der Waals surface area (Å²) in [6.07, 6.45) is 3.40. The number of hydrogen-bond acceptors (Lipinski definition) is 4. The van der Waals surface area contributed by atoms with Crippen molar-refractivity contribution in [3.05, 3.63) is 144 Å². The van der Waals surface area contributed by atoms with E-state index in [4.69, 9.17) is 17.1 Å². The van der Waals surface area contributed by atoms with Gasteiger partial charge in [-0.3, -0.25) is 9.55 Å². The molecule has 8 rings (SSSR count). The van der Waals surface area contributed by atoms with Crippen LogP contribution >= 0.6 is 0 Å². The number of benzene rings is 5. The summed E-state index contributed by atoms with van der Waals surface area (Å²) in [7, 11) is 0. The van der Waals surface area contributed by atoms with Crippen molar-refractivity contribution in [1.29, 1.82) is 0 Å². The van der Waals surface area contributed by atoms with E-state index in [0.717, 1.165) is 55.7 Å². The third kappa shape index (κ3) is 6.50. The van der Waals surface area contributed by atoms with Gasteiger partial charge in [0.25, 0.3) is 0 Å². The van der Waals surface area contributed by atoms with Gasteiger partial charge in [-0.15, -0.1) is 0 Å². The number of halogens is 1. The Labute approximate surface area is 325 Å². The number of imidazole rings is 1. The second-order valence-corrected chi connectivity index (χ2v) is 16.0. The van der Waals surface area contributed by atoms with Crippen LogP contribution in [-0.2, 0) is 12.0 Å². The maximum atomic E-state index is 15.9. The Balaban J connectivity index is 1.51. The number of nitrogens with zero attached hydrogens (tertiary/aromatic N) is 3. The molecule has 0 aliphatic rings. The van der Waals surface area contributed by atoms with Gasteiger partial charge in [-0.1, -0.05) is 103 Å². The molecule has 5 aromatic carbocycles. The highest BCUT2D eigenvalue weighted by molar-refractivity contribution is 6.01. The predicted octanol–water partition coefficient (Wildman–Crippen LogP) is 13.6. The van der Waals surface area contributed by atoms with Gasteiger partial charge in [0.05, 0.1) is 31.4 Å². The summed E-state index contributed by atoms with van der Waals surface area (Å²) < 4.78 is 40.8. The number of fused-ring (bicyclic) bond motifs is 2. The lowest BCUT2D eigenvalue weighted by Gasteiger charge is -2.23. The van der Waals surface area contributed by atoms with Crippen LogP contribution in [0.2, 0.25) is 0 Å². The van der Waals surface area contributed by atoms with Gasteiger partial charge in [0.1, 0.15) is 23.5 Å². The first-order valence-corrected chi connectivity index (χ1v) is 18.9. The highest BCUT2D eigenvalue weighted by atomic mass is 19.1. The minimum atomic E-state index is -3.18. The van der Waals surface area contributed by atoms with Crippen LogP contribution in [0.25, 0.3) is 72.6 Å². The molecule has 0 atom stereocenters. The van der Waals surface area contributed by atoms with E-state index in [0.29, 0.717) is 33.6 Å². The highest BCUT2D eigenvalue weighted by Gasteiger charge is 2.28. The fraction of sp³-hybridized carbons (Fsp3) is 0.224. The molecule has 0 bridgehead atoms. The van der Waals surface area contributed by atoms with Gasteiger partial charge in [0.2, 0.25) is 0 Å². The molecule has 0 unspecified atom stereocenters. The summed E-state index contributed by atoms with van der Waals surface area (Å²) in [6.45, 7) is 11.8. The van der Waals surface area contributed by atoms with E-state index in [2.05, 4.69) is 97.0 Å². The number of rotatable bonds is 8. The molecule has 276 valence electrons. The van der Waals surface area contributed by atoms with Crippen molar-refractivity contribution in [3.8, 4) is 56.3 Å². The number of pyridine rings is 1. The van der Waals surface area contributed by atoms with Crippen molar-refractivity contribution in [1.82, 2.24) is 14.5 Å². The molecule has 0 aliphatic carbocycles. The van der Waals surface area contributed by atoms with E-state index in [1.165, 1.54) is 0 Å². The second kappa shape index (κ2) is 14.0. The van der Waals surface area contributed by atoms with E-state index in [9.17, 15) is 5.11 Å². The maximum Gasteiger partial charge on any atom is 0.153 e. The van der Waals surface area contributed by atoms with Crippen molar-refractivity contribution >= 4 is 22.0 Å². The number of furan rings is 1. The van der Waals surface area contributed by atoms with Gasteiger partial charge in [-0.2, -0.15) is 0 Å². The van der Waals surface area contributed by atoms with Gasteiger partial charge in [-0.25, -0.2) is 9.37 Å². The molecule has 0 spiro atoms. The van der Waals surface area contributed by atoms with E-state index >= 15 is 4.39 Å². The predicted molar refractivity (Wildman–Crippen MR) is 224 cm³/mol. The molecule has 8 aromatic rings. The lowest BCUT2D eigenvalue weighted by molar-refractivity contribution is 0.476. The first kappa shape index (κ1) is 33.6. The third-order valence-corrected chi connectivity index (χ3v) is 10.5.